The van der Waals surface area contributed by atoms with Crippen molar-refractivity contribution in [2.24, 2.45) is 0 Å². The third kappa shape index (κ3) is 3.85. The van der Waals surface area contributed by atoms with Gasteiger partial charge in [0.2, 0.25) is 0 Å². The van der Waals surface area contributed by atoms with Crippen LogP contribution in [0.4, 0.5) is 5.69 Å². The molecule has 118 valence electrons. The summed E-state index contributed by atoms with van der Waals surface area (Å²) in [6.45, 7) is 5.65. The molecule has 0 unspecified atom stereocenters. The summed E-state index contributed by atoms with van der Waals surface area (Å²) in [6.07, 6.45) is 3.84. The molecule has 2 aromatic rings. The van der Waals surface area contributed by atoms with Crippen LogP contribution in [-0.2, 0) is 13.1 Å². The number of aliphatic hydroxyl groups is 1. The van der Waals surface area contributed by atoms with Crippen LogP contribution in [0.15, 0.2) is 30.6 Å². The van der Waals surface area contributed by atoms with Gasteiger partial charge in [-0.15, -0.1) is 0 Å². The number of nitrogens with one attached hydrogen (secondary N) is 2. The Labute approximate surface area is 130 Å². The molecule has 0 atom stereocenters. The summed E-state index contributed by atoms with van der Waals surface area (Å²) in [6, 6.07) is 5.57. The van der Waals surface area contributed by atoms with Crippen molar-refractivity contribution < 1.29 is 9.90 Å². The van der Waals surface area contributed by atoms with Gasteiger partial charge in [-0.25, -0.2) is 0 Å². The fourth-order valence-corrected chi connectivity index (χ4v) is 2.21. The Bertz CT molecular complexity index is 637. The lowest BCUT2D eigenvalue weighted by molar-refractivity contribution is 0.0944. The van der Waals surface area contributed by atoms with Gasteiger partial charge >= 0.3 is 0 Å². The molecular formula is C16H22N4O2. The lowest BCUT2D eigenvalue weighted by Crippen LogP contribution is -2.27. The second-order valence-electron chi connectivity index (χ2n) is 5.02. The summed E-state index contributed by atoms with van der Waals surface area (Å²) in [4.78, 5) is 12.0. The smallest absolute Gasteiger partial charge is 0.251 e. The topological polar surface area (TPSA) is 79.2 Å². The molecule has 0 bridgehead atoms. The number of rotatable bonds is 7. The summed E-state index contributed by atoms with van der Waals surface area (Å²) >= 11 is 0. The molecule has 0 aliphatic heterocycles. The summed E-state index contributed by atoms with van der Waals surface area (Å²) < 4.78 is 1.88. The highest BCUT2D eigenvalue weighted by Gasteiger charge is 2.11. The second kappa shape index (κ2) is 7.61. The number of carbonyl (C=O) groups excluding carboxylic acids is 1. The fraction of sp³-hybridized carbons (Fsp3) is 0.375. The number of aryl methyl sites for hydroxylation is 1. The Morgan fingerprint density at radius 1 is 1.41 bits per heavy atom. The number of nitrogens with zero attached hydrogens (tertiary/aromatic N) is 2. The molecule has 0 fully saturated rings. The molecule has 0 spiro atoms. The number of aliphatic hydroxyl groups excluding tert-OH is 1. The lowest BCUT2D eigenvalue weighted by Gasteiger charge is -2.12. The Kier molecular flexibility index (Phi) is 5.55. The second-order valence-corrected chi connectivity index (χ2v) is 5.02. The molecule has 0 aliphatic carbocycles. The van der Waals surface area contributed by atoms with E-state index in [-0.39, 0.29) is 19.1 Å². The van der Waals surface area contributed by atoms with Gasteiger partial charge in [-0.1, -0.05) is 6.07 Å². The van der Waals surface area contributed by atoms with Gasteiger partial charge in [0.05, 0.1) is 12.8 Å². The molecule has 1 aromatic carbocycles. The van der Waals surface area contributed by atoms with E-state index in [0.29, 0.717) is 12.1 Å². The maximum atomic E-state index is 12.0. The molecule has 2 rings (SSSR count). The number of hydrogen-bond donors (Lipinski definition) is 3. The Morgan fingerprint density at radius 3 is 2.91 bits per heavy atom. The molecule has 3 N–H and O–H groups in total. The average Bonchev–Trinajstić information content (AvgIpc) is 2.99. The Balaban J connectivity index is 2.06. The minimum absolute atomic E-state index is 0.0653. The molecule has 1 heterocycles. The predicted octanol–water partition coefficient (Wildman–Crippen LogP) is 1.55. The Hall–Kier alpha value is -2.34. The van der Waals surface area contributed by atoms with E-state index in [0.717, 1.165) is 23.4 Å². The lowest BCUT2D eigenvalue weighted by atomic mass is 10.1. The van der Waals surface area contributed by atoms with Crippen molar-refractivity contribution >= 4 is 11.6 Å². The standard InChI is InChI=1S/C16H22N4O2/c1-3-20-11-13(10-19-20)9-18-15-6-4-5-14(12(15)2)16(22)17-7-8-21/h4-6,10-11,18,21H,3,7-9H2,1-2H3,(H,17,22). The molecule has 1 amide bonds. The highest BCUT2D eigenvalue weighted by atomic mass is 16.3. The van der Waals surface area contributed by atoms with Crippen molar-refractivity contribution in [1.82, 2.24) is 15.1 Å². The summed E-state index contributed by atoms with van der Waals surface area (Å²) in [5.41, 5.74) is 3.51. The van der Waals surface area contributed by atoms with Gasteiger partial charge in [-0.3, -0.25) is 9.48 Å². The first-order valence-electron chi connectivity index (χ1n) is 7.39. The molecule has 6 heteroatoms. The van der Waals surface area contributed by atoms with E-state index in [9.17, 15) is 4.79 Å². The molecule has 0 saturated heterocycles. The van der Waals surface area contributed by atoms with Crippen molar-refractivity contribution in [2.45, 2.75) is 26.9 Å². The molecule has 0 aliphatic rings. The van der Waals surface area contributed by atoms with Gasteiger partial charge in [-0.05, 0) is 31.5 Å². The zero-order valence-corrected chi connectivity index (χ0v) is 13.0. The van der Waals surface area contributed by atoms with Crippen molar-refractivity contribution in [1.29, 1.82) is 0 Å². The zero-order valence-electron chi connectivity index (χ0n) is 13.0. The van der Waals surface area contributed by atoms with Gasteiger partial charge in [0, 0.05) is 42.6 Å². The van der Waals surface area contributed by atoms with Crippen LogP contribution in [0.1, 0.15) is 28.4 Å². The first-order chi connectivity index (χ1) is 10.7. The number of carbonyl (C=O) groups is 1. The molecule has 22 heavy (non-hydrogen) atoms. The van der Waals surface area contributed by atoms with Crippen LogP contribution in [-0.4, -0.2) is 33.9 Å². The first-order valence-corrected chi connectivity index (χ1v) is 7.39. The van der Waals surface area contributed by atoms with Crippen LogP contribution in [0.5, 0.6) is 0 Å². The first kappa shape index (κ1) is 16.0. The number of benzene rings is 1. The monoisotopic (exact) mass is 302 g/mol. The van der Waals surface area contributed by atoms with E-state index in [1.54, 1.807) is 6.07 Å². The van der Waals surface area contributed by atoms with Gasteiger partial charge < -0.3 is 15.7 Å². The van der Waals surface area contributed by atoms with E-state index in [1.165, 1.54) is 0 Å². The zero-order chi connectivity index (χ0) is 15.9. The normalized spacial score (nSPS) is 10.5. The van der Waals surface area contributed by atoms with E-state index < -0.39 is 0 Å². The van der Waals surface area contributed by atoms with Crippen LogP contribution in [0.25, 0.3) is 0 Å². The van der Waals surface area contributed by atoms with Crippen molar-refractivity contribution in [3.05, 3.63) is 47.3 Å². The van der Waals surface area contributed by atoms with E-state index in [4.69, 9.17) is 5.11 Å². The third-order valence-electron chi connectivity index (χ3n) is 3.47. The minimum Gasteiger partial charge on any atom is -0.395 e. The third-order valence-corrected chi connectivity index (χ3v) is 3.47. The van der Waals surface area contributed by atoms with Crippen molar-refractivity contribution in [3.8, 4) is 0 Å². The largest absolute Gasteiger partial charge is 0.395 e. The van der Waals surface area contributed by atoms with Crippen LogP contribution >= 0.6 is 0 Å². The van der Waals surface area contributed by atoms with Gasteiger partial charge in [-0.2, -0.15) is 5.10 Å². The maximum Gasteiger partial charge on any atom is 0.251 e. The van der Waals surface area contributed by atoms with Crippen LogP contribution in [0, 0.1) is 6.92 Å². The Morgan fingerprint density at radius 2 is 2.23 bits per heavy atom. The number of hydrogen-bond acceptors (Lipinski definition) is 4. The molecule has 1 aromatic heterocycles. The van der Waals surface area contributed by atoms with Gasteiger partial charge in [0.25, 0.3) is 5.91 Å². The van der Waals surface area contributed by atoms with E-state index in [1.807, 2.05) is 43.1 Å². The van der Waals surface area contributed by atoms with E-state index in [2.05, 4.69) is 15.7 Å². The molecule has 0 saturated carbocycles. The van der Waals surface area contributed by atoms with Gasteiger partial charge in [0.1, 0.15) is 0 Å². The van der Waals surface area contributed by atoms with E-state index >= 15 is 0 Å². The van der Waals surface area contributed by atoms with Crippen LogP contribution in [0.3, 0.4) is 0 Å². The molecular weight excluding hydrogens is 280 g/mol. The van der Waals surface area contributed by atoms with Crippen molar-refractivity contribution in [3.63, 3.8) is 0 Å². The fourth-order valence-electron chi connectivity index (χ4n) is 2.21. The summed E-state index contributed by atoms with van der Waals surface area (Å²) in [7, 11) is 0. The summed E-state index contributed by atoms with van der Waals surface area (Å²) in [5, 5.41) is 19.0. The summed E-state index contributed by atoms with van der Waals surface area (Å²) in [5.74, 6) is -0.172. The highest BCUT2D eigenvalue weighted by molar-refractivity contribution is 5.97. The molecule has 6 nitrogen and oxygen atoms in total. The number of aromatic nitrogens is 2. The number of anilines is 1. The van der Waals surface area contributed by atoms with Crippen LogP contribution in [0.2, 0.25) is 0 Å². The van der Waals surface area contributed by atoms with Gasteiger partial charge in [0.15, 0.2) is 0 Å². The average molecular weight is 302 g/mol. The SMILES string of the molecule is CCn1cc(CNc2cccc(C(=O)NCCO)c2C)cn1. The van der Waals surface area contributed by atoms with Crippen molar-refractivity contribution in [2.75, 3.05) is 18.5 Å². The maximum absolute atomic E-state index is 12.0. The predicted molar refractivity (Wildman–Crippen MR) is 85.8 cm³/mol. The highest BCUT2D eigenvalue weighted by Crippen LogP contribution is 2.19. The quantitative estimate of drug-likeness (QED) is 0.725. The molecule has 0 radical (unpaired) electrons. The van der Waals surface area contributed by atoms with Crippen LogP contribution < -0.4 is 10.6 Å². The minimum atomic E-state index is -0.172. The number of amides is 1.